The minimum absolute atomic E-state index is 0.0485. The van der Waals surface area contributed by atoms with Gasteiger partial charge in [0.1, 0.15) is 17.0 Å². The summed E-state index contributed by atoms with van der Waals surface area (Å²) in [5.74, 6) is 1.52. The van der Waals surface area contributed by atoms with Gasteiger partial charge in [-0.25, -0.2) is 0 Å². The number of carbonyl (C=O) groups is 1. The van der Waals surface area contributed by atoms with E-state index in [9.17, 15) is 4.79 Å². The summed E-state index contributed by atoms with van der Waals surface area (Å²) in [5, 5.41) is 3.34. The summed E-state index contributed by atoms with van der Waals surface area (Å²) in [4.78, 5) is 15.3. The van der Waals surface area contributed by atoms with Crippen LogP contribution in [-0.4, -0.2) is 19.0 Å². The normalized spacial score (nSPS) is 18.7. The molecule has 0 saturated carbocycles. The average molecular weight is 370 g/mol. The Hall–Kier alpha value is -3.27. The molecule has 5 rings (SSSR count). The van der Waals surface area contributed by atoms with Crippen molar-refractivity contribution in [2.75, 3.05) is 18.0 Å². The molecule has 0 radical (unpaired) electrons. The number of amides is 1. The van der Waals surface area contributed by atoms with Gasteiger partial charge in [-0.2, -0.15) is 0 Å². The molecule has 3 aromatic carbocycles. The van der Waals surface area contributed by atoms with Gasteiger partial charge < -0.3 is 15.0 Å². The van der Waals surface area contributed by atoms with Crippen molar-refractivity contribution < 1.29 is 9.53 Å². The molecule has 2 aliphatic heterocycles. The molecule has 28 heavy (non-hydrogen) atoms. The predicted molar refractivity (Wildman–Crippen MR) is 110 cm³/mol. The van der Waals surface area contributed by atoms with Crippen molar-refractivity contribution in [1.82, 2.24) is 5.32 Å². The van der Waals surface area contributed by atoms with E-state index in [1.165, 1.54) is 0 Å². The minimum atomic E-state index is -0.753. The molecule has 1 unspecified atom stereocenters. The third-order valence-corrected chi connectivity index (χ3v) is 5.87. The van der Waals surface area contributed by atoms with E-state index in [4.69, 9.17) is 4.74 Å². The van der Waals surface area contributed by atoms with Crippen LogP contribution < -0.4 is 15.0 Å². The number of benzene rings is 3. The highest BCUT2D eigenvalue weighted by atomic mass is 16.5. The van der Waals surface area contributed by atoms with Gasteiger partial charge in [0.05, 0.1) is 5.56 Å². The van der Waals surface area contributed by atoms with E-state index in [1.807, 2.05) is 48.5 Å². The number of carbonyl (C=O) groups excluding carboxylic acids is 1. The summed E-state index contributed by atoms with van der Waals surface area (Å²) in [6, 6.07) is 22.0. The number of nitrogens with one attached hydrogen (secondary N) is 1. The van der Waals surface area contributed by atoms with Gasteiger partial charge in [0.25, 0.3) is 5.91 Å². The van der Waals surface area contributed by atoms with Gasteiger partial charge >= 0.3 is 0 Å². The molecule has 4 nitrogen and oxygen atoms in total. The number of anilines is 1. The maximum Gasteiger partial charge on any atom is 0.252 e. The second-order valence-corrected chi connectivity index (χ2v) is 7.17. The first-order chi connectivity index (χ1) is 13.7. The van der Waals surface area contributed by atoms with Crippen molar-refractivity contribution in [1.29, 1.82) is 0 Å². The number of rotatable bonds is 3. The quantitative estimate of drug-likeness (QED) is 0.728. The number of para-hydroxylation sites is 1. The lowest BCUT2D eigenvalue weighted by Gasteiger charge is -2.41. The van der Waals surface area contributed by atoms with Gasteiger partial charge in [0.2, 0.25) is 0 Å². The van der Waals surface area contributed by atoms with E-state index in [1.54, 1.807) is 0 Å². The van der Waals surface area contributed by atoms with E-state index in [0.29, 0.717) is 0 Å². The van der Waals surface area contributed by atoms with Crippen LogP contribution in [0.25, 0.3) is 0 Å². The van der Waals surface area contributed by atoms with E-state index >= 15 is 0 Å². The van der Waals surface area contributed by atoms with E-state index in [0.717, 1.165) is 52.5 Å². The Balaban J connectivity index is 1.91. The third-order valence-electron chi connectivity index (χ3n) is 5.87. The first-order valence-corrected chi connectivity index (χ1v) is 9.78. The van der Waals surface area contributed by atoms with Crippen LogP contribution in [0, 0.1) is 0 Å². The summed E-state index contributed by atoms with van der Waals surface area (Å²) in [6.45, 7) is 6.04. The zero-order chi connectivity index (χ0) is 19.3. The van der Waals surface area contributed by atoms with Crippen molar-refractivity contribution in [2.45, 2.75) is 19.4 Å². The van der Waals surface area contributed by atoms with Gasteiger partial charge in [-0.15, -0.1) is 0 Å². The fraction of sp³-hybridized carbons (Fsp3) is 0.208. The van der Waals surface area contributed by atoms with Crippen LogP contribution in [-0.2, 0) is 5.54 Å². The second kappa shape index (κ2) is 6.13. The summed E-state index contributed by atoms with van der Waals surface area (Å²) in [7, 11) is 0. The molecular weight excluding hydrogens is 348 g/mol. The molecule has 140 valence electrons. The van der Waals surface area contributed by atoms with E-state index in [-0.39, 0.29) is 5.91 Å². The van der Waals surface area contributed by atoms with E-state index < -0.39 is 5.54 Å². The molecule has 0 saturated heterocycles. The fourth-order valence-corrected chi connectivity index (χ4v) is 4.65. The summed E-state index contributed by atoms with van der Waals surface area (Å²) in [6.07, 6.45) is 0. The summed E-state index contributed by atoms with van der Waals surface area (Å²) < 4.78 is 6.32. The molecule has 3 aromatic rings. The maximum absolute atomic E-state index is 13.0. The molecule has 1 N–H and O–H groups in total. The van der Waals surface area contributed by atoms with Gasteiger partial charge in [0.15, 0.2) is 0 Å². The standard InChI is InChI=1S/C24H22N2O2/c1-3-26(4-2)19-13-9-15-21-22(19)24(18-12-7-8-14-20(18)28-21)17-11-6-5-10-16(17)23(27)25-24/h5-15H,3-4H2,1-2H3,(H,25,27). The van der Waals surface area contributed by atoms with Crippen LogP contribution in [0.5, 0.6) is 11.5 Å². The summed E-state index contributed by atoms with van der Waals surface area (Å²) in [5.41, 5.74) is 4.03. The highest BCUT2D eigenvalue weighted by molar-refractivity contribution is 6.02. The number of ether oxygens (including phenoxy) is 1. The molecule has 0 aromatic heterocycles. The molecule has 1 atom stereocenters. The van der Waals surface area contributed by atoms with Crippen molar-refractivity contribution >= 4 is 11.6 Å². The number of fused-ring (bicyclic) bond motifs is 6. The van der Waals surface area contributed by atoms with Gasteiger partial charge in [-0.05, 0) is 43.7 Å². The minimum Gasteiger partial charge on any atom is -0.456 e. The summed E-state index contributed by atoms with van der Waals surface area (Å²) >= 11 is 0. The largest absolute Gasteiger partial charge is 0.456 e. The topological polar surface area (TPSA) is 41.6 Å². The van der Waals surface area contributed by atoms with Crippen LogP contribution in [0.15, 0.2) is 66.7 Å². The van der Waals surface area contributed by atoms with Gasteiger partial charge in [0, 0.05) is 29.9 Å². The maximum atomic E-state index is 13.0. The molecule has 2 aliphatic rings. The van der Waals surface area contributed by atoms with Gasteiger partial charge in [-0.1, -0.05) is 42.5 Å². The average Bonchev–Trinajstić information content (AvgIpc) is 3.02. The SMILES string of the molecule is CCN(CC)c1cccc2c1C1(NC(=O)c3ccccc31)c1ccccc1O2. The molecule has 1 amide bonds. The molecule has 4 heteroatoms. The monoisotopic (exact) mass is 370 g/mol. The Kier molecular flexibility index (Phi) is 3.69. The Morgan fingerprint density at radius 2 is 1.54 bits per heavy atom. The first-order valence-electron chi connectivity index (χ1n) is 9.78. The molecular formula is C24H22N2O2. The highest BCUT2D eigenvalue weighted by Gasteiger charge is 2.52. The third kappa shape index (κ3) is 2.09. The van der Waals surface area contributed by atoms with E-state index in [2.05, 4.69) is 42.3 Å². The van der Waals surface area contributed by atoms with Gasteiger partial charge in [-0.3, -0.25) is 4.79 Å². The molecule has 2 heterocycles. The van der Waals surface area contributed by atoms with Crippen LogP contribution >= 0.6 is 0 Å². The zero-order valence-electron chi connectivity index (χ0n) is 16.0. The van der Waals surface area contributed by atoms with Crippen LogP contribution in [0.2, 0.25) is 0 Å². The lowest BCUT2D eigenvalue weighted by molar-refractivity contribution is 0.0947. The number of hydrogen-bond acceptors (Lipinski definition) is 3. The van der Waals surface area contributed by atoms with Crippen molar-refractivity contribution in [2.24, 2.45) is 0 Å². The number of hydrogen-bond donors (Lipinski definition) is 1. The molecule has 1 spiro atoms. The lowest BCUT2D eigenvalue weighted by atomic mass is 9.75. The Morgan fingerprint density at radius 3 is 2.32 bits per heavy atom. The zero-order valence-corrected chi connectivity index (χ0v) is 16.0. The Labute approximate surface area is 164 Å². The van der Waals surface area contributed by atoms with Crippen molar-refractivity contribution in [3.05, 3.63) is 89.0 Å². The van der Waals surface area contributed by atoms with Crippen LogP contribution in [0.1, 0.15) is 40.9 Å². The molecule has 0 fully saturated rings. The highest BCUT2D eigenvalue weighted by Crippen LogP contribution is 2.55. The first kappa shape index (κ1) is 16.9. The smallest absolute Gasteiger partial charge is 0.252 e. The molecule has 0 bridgehead atoms. The Morgan fingerprint density at radius 1 is 0.857 bits per heavy atom. The second-order valence-electron chi connectivity index (χ2n) is 7.17. The van der Waals surface area contributed by atoms with Crippen LogP contribution in [0.3, 0.4) is 0 Å². The van der Waals surface area contributed by atoms with Crippen molar-refractivity contribution in [3.63, 3.8) is 0 Å². The number of nitrogens with zero attached hydrogens (tertiary/aromatic N) is 1. The van der Waals surface area contributed by atoms with Crippen molar-refractivity contribution in [3.8, 4) is 11.5 Å². The van der Waals surface area contributed by atoms with Crippen LogP contribution in [0.4, 0.5) is 5.69 Å². The Bertz CT molecular complexity index is 1090. The molecule has 0 aliphatic carbocycles. The fourth-order valence-electron chi connectivity index (χ4n) is 4.65. The lowest BCUT2D eigenvalue weighted by Crippen LogP contribution is -2.45. The predicted octanol–water partition coefficient (Wildman–Crippen LogP) is 4.67.